The van der Waals surface area contributed by atoms with E-state index in [-0.39, 0.29) is 18.5 Å². The number of carbonyl (C=O) groups is 2. The maximum Gasteiger partial charge on any atom is 0.305 e. The second kappa shape index (κ2) is 56.4. The van der Waals surface area contributed by atoms with Crippen LogP contribution in [0.5, 0.6) is 0 Å². The number of esters is 1. The largest absolute Gasteiger partial charge is 0.465 e. The molecule has 0 fully saturated rings. The monoisotopic (exact) mass is 940 g/mol. The molecule has 0 heterocycles. The van der Waals surface area contributed by atoms with Gasteiger partial charge in [-0.3, -0.25) is 9.59 Å². The third-order valence-corrected chi connectivity index (χ3v) is 13.3. The third-order valence-electron chi connectivity index (χ3n) is 13.3. The summed E-state index contributed by atoms with van der Waals surface area (Å²) in [4.78, 5) is 24.5. The highest BCUT2D eigenvalue weighted by atomic mass is 16.5. The molecule has 0 radical (unpaired) electrons. The standard InChI is InChI=1S/C61H113NO5/c1-3-5-7-9-11-13-15-17-26-31-35-39-43-47-51-55-61(66)67-56-52-48-44-40-36-32-28-25-23-21-19-20-22-24-27-30-34-38-42-46-50-54-60(65)62-58(57-63)59(64)53-49-45-41-37-33-29-18-16-14-12-10-8-6-4-2/h17,26,32,36,44,48-49,53,58-59,63-64H,3-16,18-25,27-31,33-35,37-43,45-47,50-52,54-57H2,1-2H3,(H,62,65)/b26-17-,36-32-,48-44-,53-49+. The molecular formula is C61H113NO5. The lowest BCUT2D eigenvalue weighted by Crippen LogP contribution is -2.45. The van der Waals surface area contributed by atoms with Crippen molar-refractivity contribution in [2.75, 3.05) is 13.2 Å². The first-order valence-electron chi connectivity index (χ1n) is 29.4. The molecule has 0 aromatic rings. The minimum absolute atomic E-state index is 0.0442. The SMILES string of the molecule is CCCCCCCC/C=C\CCCCCCCC(=O)OCC/C=C\C/C=C\CCCCCCCCCCCCCCCCC(=O)NC(CO)C(O)/C=C/CCCCCCCCCCCCCC. The Morgan fingerprint density at radius 2 is 0.746 bits per heavy atom. The van der Waals surface area contributed by atoms with E-state index in [0.29, 0.717) is 19.4 Å². The molecule has 0 rings (SSSR count). The van der Waals surface area contributed by atoms with E-state index >= 15 is 0 Å². The first-order valence-corrected chi connectivity index (χ1v) is 29.4. The number of rotatable bonds is 54. The topological polar surface area (TPSA) is 95.9 Å². The van der Waals surface area contributed by atoms with Crippen molar-refractivity contribution in [3.63, 3.8) is 0 Å². The van der Waals surface area contributed by atoms with Crippen molar-refractivity contribution in [2.45, 2.75) is 315 Å². The Morgan fingerprint density at radius 3 is 1.15 bits per heavy atom. The highest BCUT2D eigenvalue weighted by molar-refractivity contribution is 5.76. The van der Waals surface area contributed by atoms with Gasteiger partial charge in [0.05, 0.1) is 25.4 Å². The predicted molar refractivity (Wildman–Crippen MR) is 292 cm³/mol. The lowest BCUT2D eigenvalue weighted by molar-refractivity contribution is -0.143. The van der Waals surface area contributed by atoms with E-state index in [1.165, 1.54) is 225 Å². The fourth-order valence-corrected chi connectivity index (χ4v) is 8.82. The van der Waals surface area contributed by atoms with Crippen LogP contribution < -0.4 is 5.32 Å². The molecule has 0 saturated carbocycles. The minimum Gasteiger partial charge on any atom is -0.465 e. The molecule has 67 heavy (non-hydrogen) atoms. The number of hydrogen-bond acceptors (Lipinski definition) is 5. The molecule has 6 nitrogen and oxygen atoms in total. The first kappa shape index (κ1) is 64.8. The number of aliphatic hydroxyl groups is 2. The van der Waals surface area contributed by atoms with E-state index < -0.39 is 12.1 Å². The average molecular weight is 941 g/mol. The Balaban J connectivity index is 3.48. The lowest BCUT2D eigenvalue weighted by atomic mass is 10.0. The van der Waals surface area contributed by atoms with Gasteiger partial charge < -0.3 is 20.3 Å². The number of hydrogen-bond donors (Lipinski definition) is 3. The smallest absolute Gasteiger partial charge is 0.305 e. The average Bonchev–Trinajstić information content (AvgIpc) is 3.33. The molecule has 0 spiro atoms. The zero-order valence-corrected chi connectivity index (χ0v) is 44.6. The van der Waals surface area contributed by atoms with E-state index in [2.05, 4.69) is 55.6 Å². The molecule has 0 aliphatic rings. The second-order valence-corrected chi connectivity index (χ2v) is 20.0. The van der Waals surface area contributed by atoms with Crippen LogP contribution in [0.25, 0.3) is 0 Å². The summed E-state index contributed by atoms with van der Waals surface area (Å²) in [6.45, 7) is 4.78. The quantitative estimate of drug-likeness (QED) is 0.0321. The molecule has 0 aromatic heterocycles. The molecular weight excluding hydrogens is 827 g/mol. The minimum atomic E-state index is -0.848. The van der Waals surface area contributed by atoms with Gasteiger partial charge in [-0.2, -0.15) is 0 Å². The van der Waals surface area contributed by atoms with Gasteiger partial charge in [0.1, 0.15) is 0 Å². The number of amides is 1. The Hall–Kier alpha value is -2.18. The number of carbonyl (C=O) groups excluding carboxylic acids is 2. The molecule has 0 aliphatic carbocycles. The summed E-state index contributed by atoms with van der Waals surface area (Å²) in [7, 11) is 0. The van der Waals surface area contributed by atoms with Crippen LogP contribution in [0, 0.1) is 0 Å². The molecule has 0 bridgehead atoms. The molecule has 0 aromatic carbocycles. The number of allylic oxidation sites excluding steroid dienone is 6. The van der Waals surface area contributed by atoms with Crippen LogP contribution in [0.1, 0.15) is 303 Å². The van der Waals surface area contributed by atoms with Gasteiger partial charge in [0.2, 0.25) is 5.91 Å². The van der Waals surface area contributed by atoms with Gasteiger partial charge in [-0.15, -0.1) is 0 Å². The van der Waals surface area contributed by atoms with Crippen LogP contribution in [0.4, 0.5) is 0 Å². The van der Waals surface area contributed by atoms with Gasteiger partial charge in [-0.05, 0) is 77.0 Å². The fourth-order valence-electron chi connectivity index (χ4n) is 8.82. The maximum atomic E-state index is 12.4. The van der Waals surface area contributed by atoms with Crippen LogP contribution in [0.2, 0.25) is 0 Å². The Labute approximate surface area is 416 Å². The van der Waals surface area contributed by atoms with Crippen molar-refractivity contribution in [1.29, 1.82) is 0 Å². The molecule has 1 amide bonds. The Morgan fingerprint density at radius 1 is 0.418 bits per heavy atom. The molecule has 2 atom stereocenters. The van der Waals surface area contributed by atoms with Gasteiger partial charge in [0.15, 0.2) is 0 Å². The zero-order chi connectivity index (χ0) is 48.6. The van der Waals surface area contributed by atoms with E-state index in [9.17, 15) is 19.8 Å². The van der Waals surface area contributed by atoms with Crippen LogP contribution in [0.3, 0.4) is 0 Å². The summed E-state index contributed by atoms with van der Waals surface area (Å²) in [6, 6.07) is -0.632. The zero-order valence-electron chi connectivity index (χ0n) is 44.6. The molecule has 2 unspecified atom stereocenters. The molecule has 6 heteroatoms. The first-order chi connectivity index (χ1) is 33.0. The van der Waals surface area contributed by atoms with E-state index in [1.807, 2.05) is 6.08 Å². The van der Waals surface area contributed by atoms with E-state index in [1.54, 1.807) is 6.08 Å². The highest BCUT2D eigenvalue weighted by Crippen LogP contribution is 2.16. The van der Waals surface area contributed by atoms with Crippen molar-refractivity contribution in [1.82, 2.24) is 5.32 Å². The summed E-state index contributed by atoms with van der Waals surface area (Å²) in [5, 5.41) is 23.1. The molecule has 0 aliphatic heterocycles. The molecule has 3 N–H and O–H groups in total. The number of ether oxygens (including phenoxy) is 1. The van der Waals surface area contributed by atoms with E-state index in [4.69, 9.17) is 4.74 Å². The van der Waals surface area contributed by atoms with Crippen molar-refractivity contribution in [2.24, 2.45) is 0 Å². The fraction of sp³-hybridized carbons (Fsp3) is 0.836. The van der Waals surface area contributed by atoms with Gasteiger partial charge >= 0.3 is 5.97 Å². The van der Waals surface area contributed by atoms with Crippen molar-refractivity contribution in [3.8, 4) is 0 Å². The van der Waals surface area contributed by atoms with Crippen molar-refractivity contribution in [3.05, 3.63) is 48.6 Å². The van der Waals surface area contributed by atoms with Crippen molar-refractivity contribution >= 4 is 11.9 Å². The van der Waals surface area contributed by atoms with E-state index in [0.717, 1.165) is 51.4 Å². The maximum absolute atomic E-state index is 12.4. The van der Waals surface area contributed by atoms with Gasteiger partial charge in [-0.25, -0.2) is 0 Å². The van der Waals surface area contributed by atoms with Crippen LogP contribution in [-0.4, -0.2) is 47.4 Å². The summed E-state index contributed by atoms with van der Waals surface area (Å²) < 4.78 is 5.41. The van der Waals surface area contributed by atoms with Crippen molar-refractivity contribution < 1.29 is 24.5 Å². The van der Waals surface area contributed by atoms with Crippen LogP contribution >= 0.6 is 0 Å². The Bertz CT molecular complexity index is 1130. The normalized spacial score (nSPS) is 13.0. The summed E-state index contributed by atoms with van der Waals surface area (Å²) in [6.07, 6.45) is 71.5. The molecule has 392 valence electrons. The van der Waals surface area contributed by atoms with Gasteiger partial charge in [0.25, 0.3) is 0 Å². The highest BCUT2D eigenvalue weighted by Gasteiger charge is 2.18. The second-order valence-electron chi connectivity index (χ2n) is 20.0. The number of unbranched alkanes of at least 4 members (excludes halogenated alkanes) is 37. The third kappa shape index (κ3) is 53.0. The summed E-state index contributed by atoms with van der Waals surface area (Å²) in [5.41, 5.74) is 0. The summed E-state index contributed by atoms with van der Waals surface area (Å²) >= 11 is 0. The number of nitrogens with one attached hydrogen (secondary N) is 1. The predicted octanol–water partition coefficient (Wildman–Crippen LogP) is 18.2. The molecule has 0 saturated heterocycles. The summed E-state index contributed by atoms with van der Waals surface area (Å²) in [5.74, 6) is -0.117. The van der Waals surface area contributed by atoms with Crippen LogP contribution in [0.15, 0.2) is 48.6 Å². The van der Waals surface area contributed by atoms with Gasteiger partial charge in [-0.1, -0.05) is 262 Å². The number of aliphatic hydroxyl groups excluding tert-OH is 2. The lowest BCUT2D eigenvalue weighted by Gasteiger charge is -2.20. The van der Waals surface area contributed by atoms with Crippen LogP contribution in [-0.2, 0) is 14.3 Å². The van der Waals surface area contributed by atoms with Gasteiger partial charge in [0, 0.05) is 12.8 Å². The Kier molecular flexibility index (Phi) is 54.6.